The maximum Gasteiger partial charge on any atom is 0.165 e. The van der Waals surface area contributed by atoms with Crippen LogP contribution < -0.4 is 0 Å². The molecule has 1 rings (SSSR count). The van der Waals surface area contributed by atoms with E-state index in [1.54, 1.807) is 0 Å². The lowest BCUT2D eigenvalue weighted by atomic mass is 10.6. The highest BCUT2D eigenvalue weighted by atomic mass is 32.2. The zero-order valence-corrected chi connectivity index (χ0v) is 5.46. The van der Waals surface area contributed by atoms with Crippen molar-refractivity contribution >= 4 is 11.8 Å². The minimum atomic E-state index is 0.877. The summed E-state index contributed by atoms with van der Waals surface area (Å²) in [6.07, 6.45) is 5.45. The number of thioether (sulfide) groups is 1. The third-order valence-corrected chi connectivity index (χ3v) is 1.30. The van der Waals surface area contributed by atoms with Gasteiger partial charge in [-0.1, -0.05) is 11.8 Å². The Labute approximate surface area is 52.7 Å². The van der Waals surface area contributed by atoms with Crippen molar-refractivity contribution in [3.05, 3.63) is 18.1 Å². The Hall–Kier alpha value is -0.440. The fourth-order valence-electron chi connectivity index (χ4n) is 0.465. The lowest BCUT2D eigenvalue weighted by molar-refractivity contribution is 1.05. The summed E-state index contributed by atoms with van der Waals surface area (Å²) in [5.74, 6) is 0. The number of nitrogens with one attached hydrogen (secondary N) is 1. The van der Waals surface area contributed by atoms with Crippen LogP contribution in [0.1, 0.15) is 5.69 Å². The summed E-state index contributed by atoms with van der Waals surface area (Å²) < 4.78 is 0. The summed E-state index contributed by atoms with van der Waals surface area (Å²) in [5.41, 5.74) is 1.01. The van der Waals surface area contributed by atoms with E-state index in [4.69, 9.17) is 0 Å². The summed E-state index contributed by atoms with van der Waals surface area (Å²) in [7, 11) is 0. The van der Waals surface area contributed by atoms with Crippen LogP contribution in [0.5, 0.6) is 0 Å². The van der Waals surface area contributed by atoms with Crippen LogP contribution in [0.4, 0.5) is 0 Å². The van der Waals surface area contributed by atoms with E-state index in [9.17, 15) is 0 Å². The smallest absolute Gasteiger partial charge is 0.165 e. The third kappa shape index (κ3) is 1.04. The second-order valence-electron chi connectivity index (χ2n) is 1.49. The van der Waals surface area contributed by atoms with Crippen LogP contribution in [0, 0.1) is 13.2 Å². The van der Waals surface area contributed by atoms with Crippen molar-refractivity contribution in [1.29, 1.82) is 0 Å². The Bertz CT molecular complexity index is 171. The van der Waals surface area contributed by atoms with E-state index in [1.807, 2.05) is 13.1 Å². The monoisotopic (exact) mass is 127 g/mol. The molecule has 0 aliphatic rings. The van der Waals surface area contributed by atoms with Crippen LogP contribution in [-0.4, -0.2) is 9.97 Å². The summed E-state index contributed by atoms with van der Waals surface area (Å²) in [5, 5.41) is 0.877. The first-order chi connectivity index (χ1) is 3.83. The van der Waals surface area contributed by atoms with Crippen LogP contribution in [0.2, 0.25) is 0 Å². The van der Waals surface area contributed by atoms with Gasteiger partial charge >= 0.3 is 0 Å². The van der Waals surface area contributed by atoms with Gasteiger partial charge in [-0.3, -0.25) is 0 Å². The van der Waals surface area contributed by atoms with Crippen LogP contribution >= 0.6 is 11.8 Å². The number of aromatic nitrogens is 2. The van der Waals surface area contributed by atoms with Crippen molar-refractivity contribution < 1.29 is 0 Å². The minimum absolute atomic E-state index is 0.877. The topological polar surface area (TPSA) is 28.7 Å². The SMILES string of the molecule is [CH2]Sc1nc(C)c[nH]1. The molecule has 0 aliphatic carbocycles. The second-order valence-corrected chi connectivity index (χ2v) is 2.17. The molecule has 0 bridgehead atoms. The molecule has 0 saturated heterocycles. The highest BCUT2D eigenvalue weighted by Crippen LogP contribution is 2.09. The predicted molar refractivity (Wildman–Crippen MR) is 34.5 cm³/mol. The molecule has 1 aromatic rings. The summed E-state index contributed by atoms with van der Waals surface area (Å²) in [6.45, 7) is 1.94. The molecule has 0 aliphatic heterocycles. The molecule has 3 heteroatoms. The van der Waals surface area contributed by atoms with Crippen LogP contribution in [0.3, 0.4) is 0 Å². The van der Waals surface area contributed by atoms with Gasteiger partial charge in [-0.25, -0.2) is 4.98 Å². The van der Waals surface area contributed by atoms with Gasteiger partial charge in [0.15, 0.2) is 5.16 Å². The largest absolute Gasteiger partial charge is 0.339 e. The zero-order chi connectivity index (χ0) is 5.98. The summed E-state index contributed by atoms with van der Waals surface area (Å²) in [6, 6.07) is 0. The van der Waals surface area contributed by atoms with E-state index in [0.29, 0.717) is 0 Å². The second kappa shape index (κ2) is 2.22. The molecule has 0 unspecified atom stereocenters. The number of aryl methyl sites for hydroxylation is 1. The van der Waals surface area contributed by atoms with E-state index in [1.165, 1.54) is 11.8 Å². The van der Waals surface area contributed by atoms with Gasteiger partial charge in [-0.05, 0) is 6.92 Å². The van der Waals surface area contributed by atoms with E-state index in [-0.39, 0.29) is 0 Å². The average Bonchev–Trinajstić information content (AvgIpc) is 2.14. The van der Waals surface area contributed by atoms with E-state index >= 15 is 0 Å². The first-order valence-electron chi connectivity index (χ1n) is 2.27. The zero-order valence-electron chi connectivity index (χ0n) is 4.64. The van der Waals surface area contributed by atoms with E-state index < -0.39 is 0 Å². The molecule has 43 valence electrons. The Morgan fingerprint density at radius 1 is 1.88 bits per heavy atom. The molecule has 0 aromatic carbocycles. The molecule has 1 N–H and O–H groups in total. The number of rotatable bonds is 1. The first-order valence-corrected chi connectivity index (χ1v) is 3.25. The maximum atomic E-state index is 4.07. The van der Waals surface area contributed by atoms with Crippen molar-refractivity contribution in [3.8, 4) is 0 Å². The Morgan fingerprint density at radius 2 is 2.62 bits per heavy atom. The normalized spacial score (nSPS) is 9.75. The van der Waals surface area contributed by atoms with Crippen molar-refractivity contribution in [2.75, 3.05) is 0 Å². The van der Waals surface area contributed by atoms with Crippen LogP contribution in [0.15, 0.2) is 11.4 Å². The Morgan fingerprint density at radius 3 is 2.88 bits per heavy atom. The molecule has 0 fully saturated rings. The number of hydrogen-bond donors (Lipinski definition) is 1. The average molecular weight is 127 g/mol. The predicted octanol–water partition coefficient (Wildman–Crippen LogP) is 1.60. The van der Waals surface area contributed by atoms with E-state index in [2.05, 4.69) is 16.2 Å². The lowest BCUT2D eigenvalue weighted by Gasteiger charge is -1.80. The molecule has 0 amide bonds. The summed E-state index contributed by atoms with van der Waals surface area (Å²) >= 11 is 1.37. The molecular weight excluding hydrogens is 120 g/mol. The van der Waals surface area contributed by atoms with Crippen molar-refractivity contribution in [2.45, 2.75) is 12.1 Å². The fourth-order valence-corrected chi connectivity index (χ4v) is 0.816. The number of aromatic amines is 1. The van der Waals surface area contributed by atoms with Crippen LogP contribution in [-0.2, 0) is 0 Å². The van der Waals surface area contributed by atoms with Gasteiger partial charge in [0.2, 0.25) is 0 Å². The van der Waals surface area contributed by atoms with Gasteiger partial charge in [-0.15, -0.1) is 0 Å². The van der Waals surface area contributed by atoms with Crippen molar-refractivity contribution in [2.24, 2.45) is 0 Å². The molecule has 0 spiro atoms. The van der Waals surface area contributed by atoms with Gasteiger partial charge in [-0.2, -0.15) is 0 Å². The third-order valence-electron chi connectivity index (χ3n) is 0.819. The van der Waals surface area contributed by atoms with Gasteiger partial charge in [0.1, 0.15) is 0 Å². The number of nitrogens with zero attached hydrogens (tertiary/aromatic N) is 1. The molecule has 1 aromatic heterocycles. The highest BCUT2D eigenvalue weighted by molar-refractivity contribution is 8.00. The molecule has 1 heterocycles. The van der Waals surface area contributed by atoms with Crippen LogP contribution in [0.25, 0.3) is 0 Å². The minimum Gasteiger partial charge on any atom is -0.339 e. The number of H-pyrrole nitrogens is 1. The van der Waals surface area contributed by atoms with Gasteiger partial charge in [0.05, 0.1) is 5.69 Å². The van der Waals surface area contributed by atoms with Crippen molar-refractivity contribution in [1.82, 2.24) is 9.97 Å². The molecular formula is C5H7N2S. The lowest BCUT2D eigenvalue weighted by Crippen LogP contribution is -1.68. The van der Waals surface area contributed by atoms with Crippen molar-refractivity contribution in [3.63, 3.8) is 0 Å². The molecule has 1 radical (unpaired) electrons. The highest BCUT2D eigenvalue weighted by Gasteiger charge is 1.90. The van der Waals surface area contributed by atoms with Gasteiger partial charge in [0.25, 0.3) is 0 Å². The molecule has 2 nitrogen and oxygen atoms in total. The summed E-state index contributed by atoms with van der Waals surface area (Å²) in [4.78, 5) is 7.02. The van der Waals surface area contributed by atoms with Gasteiger partial charge in [0, 0.05) is 12.5 Å². The first kappa shape index (κ1) is 5.69. The fraction of sp³-hybridized carbons (Fsp3) is 0.200. The Kier molecular flexibility index (Phi) is 1.58. The van der Waals surface area contributed by atoms with Gasteiger partial charge < -0.3 is 4.98 Å². The molecule has 0 saturated carbocycles. The maximum absolute atomic E-state index is 4.07. The number of hydrogen-bond acceptors (Lipinski definition) is 2. The number of imidazole rings is 1. The standard InChI is InChI=1S/C5H7N2S/c1-4-3-6-5(7-4)8-2/h3H,2H2,1H3,(H,6,7). The molecule has 0 atom stereocenters. The van der Waals surface area contributed by atoms with E-state index in [0.717, 1.165) is 10.9 Å². The quantitative estimate of drug-likeness (QED) is 0.580. The Balaban J connectivity index is 2.84. The molecule has 8 heavy (non-hydrogen) atoms.